The Kier molecular flexibility index (Phi) is 3.62. The van der Waals surface area contributed by atoms with Crippen LogP contribution in [0, 0.1) is 0 Å². The highest BCUT2D eigenvalue weighted by Crippen LogP contribution is 2.28. The van der Waals surface area contributed by atoms with E-state index in [9.17, 15) is 13.2 Å². The van der Waals surface area contributed by atoms with E-state index >= 15 is 0 Å². The molecule has 1 rings (SSSR count). The Bertz CT molecular complexity index is 301. The normalized spacial score (nSPS) is 11.6. The molecule has 78 valence electrons. The molecule has 0 aliphatic carbocycles. The van der Waals surface area contributed by atoms with Crippen LogP contribution in [-0.4, -0.2) is 16.9 Å². The van der Waals surface area contributed by atoms with Gasteiger partial charge in [-0.15, -0.1) is 11.8 Å². The van der Waals surface area contributed by atoms with E-state index in [0.29, 0.717) is 10.6 Å². The van der Waals surface area contributed by atoms with Gasteiger partial charge < -0.3 is 5.73 Å². The van der Waals surface area contributed by atoms with Crippen molar-refractivity contribution in [1.29, 1.82) is 0 Å². The molecule has 0 bridgehead atoms. The lowest BCUT2D eigenvalue weighted by molar-refractivity contribution is -0.129. The van der Waals surface area contributed by atoms with E-state index in [0.717, 1.165) is 11.8 Å². The van der Waals surface area contributed by atoms with Gasteiger partial charge in [0.2, 0.25) is 0 Å². The molecule has 6 heteroatoms. The zero-order valence-electron chi connectivity index (χ0n) is 7.21. The second-order valence-electron chi connectivity index (χ2n) is 2.63. The van der Waals surface area contributed by atoms with Gasteiger partial charge in [-0.25, -0.2) is 0 Å². The van der Waals surface area contributed by atoms with Crippen molar-refractivity contribution in [3.05, 3.63) is 18.5 Å². The van der Waals surface area contributed by atoms with E-state index < -0.39 is 12.6 Å². The second-order valence-corrected chi connectivity index (χ2v) is 3.76. The minimum atomic E-state index is -4.10. The Morgan fingerprint density at radius 2 is 2.14 bits per heavy atom. The Hall–Kier alpha value is -0.910. The molecule has 1 heterocycles. The van der Waals surface area contributed by atoms with E-state index in [4.69, 9.17) is 5.73 Å². The number of hydrogen-bond acceptors (Lipinski definition) is 3. The Labute approximate surface area is 83.7 Å². The lowest BCUT2D eigenvalue weighted by Gasteiger charge is -2.06. The van der Waals surface area contributed by atoms with E-state index in [2.05, 4.69) is 4.98 Å². The van der Waals surface area contributed by atoms with Crippen molar-refractivity contribution in [2.45, 2.75) is 17.5 Å². The first kappa shape index (κ1) is 11.2. The topological polar surface area (TPSA) is 38.9 Å². The summed E-state index contributed by atoms with van der Waals surface area (Å²) < 4.78 is 35.4. The lowest BCUT2D eigenvalue weighted by atomic mass is 10.4. The summed E-state index contributed by atoms with van der Waals surface area (Å²) in [5, 5.41) is 0. The maximum absolute atomic E-state index is 11.8. The fraction of sp³-hybridized carbons (Fsp3) is 0.375. The SMILES string of the molecule is Nc1cnccc1SCCC(F)(F)F. The molecule has 0 amide bonds. The van der Waals surface area contributed by atoms with Gasteiger partial charge in [-0.3, -0.25) is 4.98 Å². The third-order valence-electron chi connectivity index (χ3n) is 1.45. The Balaban J connectivity index is 2.43. The molecule has 0 spiro atoms. The summed E-state index contributed by atoms with van der Waals surface area (Å²) in [7, 11) is 0. The molecule has 2 N–H and O–H groups in total. The van der Waals surface area contributed by atoms with Crippen molar-refractivity contribution in [3.8, 4) is 0 Å². The molecule has 0 fully saturated rings. The quantitative estimate of drug-likeness (QED) is 0.799. The predicted octanol–water partition coefficient (Wildman–Crippen LogP) is 2.71. The summed E-state index contributed by atoms with van der Waals surface area (Å²) in [6, 6.07) is 1.61. The van der Waals surface area contributed by atoms with Crippen molar-refractivity contribution < 1.29 is 13.2 Å². The second kappa shape index (κ2) is 4.54. The van der Waals surface area contributed by atoms with Crippen LogP contribution in [0.15, 0.2) is 23.4 Å². The van der Waals surface area contributed by atoms with Gasteiger partial charge in [0, 0.05) is 16.8 Å². The van der Waals surface area contributed by atoms with E-state index in [-0.39, 0.29) is 5.75 Å². The number of nitrogens with zero attached hydrogens (tertiary/aromatic N) is 1. The number of rotatable bonds is 3. The molecular weight excluding hydrogens is 213 g/mol. The van der Waals surface area contributed by atoms with Crippen molar-refractivity contribution in [1.82, 2.24) is 4.98 Å². The summed E-state index contributed by atoms with van der Waals surface area (Å²) in [6.07, 6.45) is -1.98. The predicted molar refractivity (Wildman–Crippen MR) is 50.0 cm³/mol. The summed E-state index contributed by atoms with van der Waals surface area (Å²) in [6.45, 7) is 0. The monoisotopic (exact) mass is 222 g/mol. The van der Waals surface area contributed by atoms with Crippen molar-refractivity contribution in [3.63, 3.8) is 0 Å². The molecule has 1 aromatic rings. The highest BCUT2D eigenvalue weighted by molar-refractivity contribution is 7.99. The number of alkyl halides is 3. The largest absolute Gasteiger partial charge is 0.397 e. The first-order chi connectivity index (χ1) is 6.49. The van der Waals surface area contributed by atoms with E-state index in [1.807, 2.05) is 0 Å². The van der Waals surface area contributed by atoms with Gasteiger partial charge >= 0.3 is 6.18 Å². The summed E-state index contributed by atoms with van der Waals surface area (Å²) in [4.78, 5) is 4.38. The zero-order chi connectivity index (χ0) is 10.6. The van der Waals surface area contributed by atoms with Crippen LogP contribution in [0.25, 0.3) is 0 Å². The number of nitrogens with two attached hydrogens (primary N) is 1. The summed E-state index contributed by atoms with van der Waals surface area (Å²) in [5.41, 5.74) is 5.92. The first-order valence-electron chi connectivity index (χ1n) is 3.88. The summed E-state index contributed by atoms with van der Waals surface area (Å²) >= 11 is 1.09. The van der Waals surface area contributed by atoms with Gasteiger partial charge in [0.1, 0.15) is 0 Å². The minimum absolute atomic E-state index is 0.0162. The maximum Gasteiger partial charge on any atom is 0.389 e. The highest BCUT2D eigenvalue weighted by atomic mass is 32.2. The molecule has 0 saturated heterocycles. The van der Waals surface area contributed by atoms with Crippen molar-refractivity contribution >= 4 is 17.4 Å². The number of aromatic nitrogens is 1. The molecular formula is C8H9F3N2S. The Morgan fingerprint density at radius 3 is 2.71 bits per heavy atom. The van der Waals surface area contributed by atoms with Crippen LogP contribution in [0.2, 0.25) is 0 Å². The Morgan fingerprint density at radius 1 is 1.43 bits per heavy atom. The van der Waals surface area contributed by atoms with Crippen LogP contribution in [-0.2, 0) is 0 Å². The van der Waals surface area contributed by atoms with Crippen LogP contribution in [0.4, 0.5) is 18.9 Å². The fourth-order valence-electron chi connectivity index (χ4n) is 0.802. The molecule has 0 atom stereocenters. The molecule has 2 nitrogen and oxygen atoms in total. The molecule has 14 heavy (non-hydrogen) atoms. The molecule has 0 aromatic carbocycles. The van der Waals surface area contributed by atoms with Crippen molar-refractivity contribution in [2.75, 3.05) is 11.5 Å². The van der Waals surface area contributed by atoms with Crippen LogP contribution in [0.1, 0.15) is 6.42 Å². The van der Waals surface area contributed by atoms with Gasteiger partial charge in [0.05, 0.1) is 18.3 Å². The van der Waals surface area contributed by atoms with E-state index in [1.165, 1.54) is 12.4 Å². The molecule has 0 aliphatic rings. The number of halogens is 3. The smallest absolute Gasteiger partial charge is 0.389 e. The van der Waals surface area contributed by atoms with Gasteiger partial charge in [0.15, 0.2) is 0 Å². The van der Waals surface area contributed by atoms with Gasteiger partial charge in [0.25, 0.3) is 0 Å². The number of hydrogen-bond donors (Lipinski definition) is 1. The average Bonchev–Trinajstić information content (AvgIpc) is 2.06. The van der Waals surface area contributed by atoms with Crippen LogP contribution in [0.5, 0.6) is 0 Å². The number of anilines is 1. The molecule has 0 unspecified atom stereocenters. The maximum atomic E-state index is 11.8. The highest BCUT2D eigenvalue weighted by Gasteiger charge is 2.26. The minimum Gasteiger partial charge on any atom is -0.397 e. The first-order valence-corrected chi connectivity index (χ1v) is 4.86. The number of nitrogen functional groups attached to an aromatic ring is 1. The van der Waals surface area contributed by atoms with Crippen LogP contribution in [0.3, 0.4) is 0 Å². The molecule has 0 saturated carbocycles. The molecule has 0 aliphatic heterocycles. The van der Waals surface area contributed by atoms with Gasteiger partial charge in [-0.05, 0) is 6.07 Å². The van der Waals surface area contributed by atoms with Gasteiger partial charge in [-0.2, -0.15) is 13.2 Å². The molecule has 0 radical (unpaired) electrons. The summed E-state index contributed by atoms with van der Waals surface area (Å²) in [5.74, 6) is -0.0162. The third-order valence-corrected chi connectivity index (χ3v) is 2.54. The number of pyridine rings is 1. The molecule has 1 aromatic heterocycles. The van der Waals surface area contributed by atoms with Crippen LogP contribution < -0.4 is 5.73 Å². The average molecular weight is 222 g/mol. The third kappa shape index (κ3) is 3.87. The van der Waals surface area contributed by atoms with E-state index in [1.54, 1.807) is 6.07 Å². The van der Waals surface area contributed by atoms with Crippen LogP contribution >= 0.6 is 11.8 Å². The lowest BCUT2D eigenvalue weighted by Crippen LogP contribution is -2.08. The number of thioether (sulfide) groups is 1. The standard InChI is InChI=1S/C8H9F3N2S/c9-8(10,11)2-4-14-7-1-3-13-5-6(7)12/h1,3,5H,2,4,12H2. The fourth-order valence-corrected chi connectivity index (χ4v) is 1.73. The zero-order valence-corrected chi connectivity index (χ0v) is 8.03. The van der Waals surface area contributed by atoms with Crippen molar-refractivity contribution in [2.24, 2.45) is 0 Å². The van der Waals surface area contributed by atoms with Gasteiger partial charge in [-0.1, -0.05) is 0 Å².